The number of carbonyl (C=O) groups excluding carboxylic acids is 1. The Bertz CT molecular complexity index is 980. The maximum Gasteiger partial charge on any atom is 0.227 e. The SMILES string of the molecule is Cn1c(CCC(=O)N2CCc3cc(Cl)ccc32)nc2cc(Cl)ccc21. The number of amides is 1. The summed E-state index contributed by atoms with van der Waals surface area (Å²) in [6.07, 6.45) is 1.88. The van der Waals surface area contributed by atoms with E-state index in [-0.39, 0.29) is 5.91 Å². The Morgan fingerprint density at radius 2 is 1.92 bits per heavy atom. The number of hydrogen-bond donors (Lipinski definition) is 0. The number of carbonyl (C=O) groups is 1. The number of anilines is 1. The van der Waals surface area contributed by atoms with Crippen LogP contribution in [0.5, 0.6) is 0 Å². The molecule has 25 heavy (non-hydrogen) atoms. The molecule has 128 valence electrons. The van der Waals surface area contributed by atoms with E-state index in [1.54, 1.807) is 0 Å². The number of nitrogens with zero attached hydrogens (tertiary/aromatic N) is 3. The van der Waals surface area contributed by atoms with Gasteiger partial charge in [0.05, 0.1) is 11.0 Å². The molecule has 0 saturated carbocycles. The predicted molar refractivity (Wildman–Crippen MR) is 102 cm³/mol. The number of aryl methyl sites for hydroxylation is 2. The largest absolute Gasteiger partial charge is 0.331 e. The maximum atomic E-state index is 12.7. The van der Waals surface area contributed by atoms with Crippen LogP contribution < -0.4 is 4.90 Å². The molecule has 0 unspecified atom stereocenters. The van der Waals surface area contributed by atoms with Gasteiger partial charge < -0.3 is 9.47 Å². The van der Waals surface area contributed by atoms with Crippen molar-refractivity contribution < 1.29 is 4.79 Å². The molecule has 6 heteroatoms. The van der Waals surface area contributed by atoms with E-state index in [1.807, 2.05) is 52.9 Å². The van der Waals surface area contributed by atoms with Gasteiger partial charge in [0.25, 0.3) is 0 Å². The second-order valence-electron chi connectivity index (χ2n) is 6.29. The fraction of sp³-hybridized carbons (Fsp3) is 0.263. The van der Waals surface area contributed by atoms with Crippen LogP contribution >= 0.6 is 23.2 Å². The average molecular weight is 374 g/mol. The van der Waals surface area contributed by atoms with Crippen LogP contribution in [-0.2, 0) is 24.7 Å². The molecule has 2 heterocycles. The van der Waals surface area contributed by atoms with E-state index in [2.05, 4.69) is 4.98 Å². The van der Waals surface area contributed by atoms with Gasteiger partial charge in [0.15, 0.2) is 0 Å². The lowest BCUT2D eigenvalue weighted by atomic mass is 10.2. The Labute approximate surface area is 156 Å². The molecule has 0 aliphatic carbocycles. The molecular weight excluding hydrogens is 357 g/mol. The minimum Gasteiger partial charge on any atom is -0.331 e. The number of hydrogen-bond acceptors (Lipinski definition) is 2. The first-order valence-electron chi connectivity index (χ1n) is 8.22. The molecule has 1 amide bonds. The number of halogens is 2. The first kappa shape index (κ1) is 16.4. The van der Waals surface area contributed by atoms with Crippen LogP contribution in [0.2, 0.25) is 10.0 Å². The molecule has 0 radical (unpaired) electrons. The van der Waals surface area contributed by atoms with Gasteiger partial charge in [0, 0.05) is 42.2 Å². The molecule has 0 bridgehead atoms. The first-order chi connectivity index (χ1) is 12.0. The summed E-state index contributed by atoms with van der Waals surface area (Å²) in [7, 11) is 1.97. The van der Waals surface area contributed by atoms with Crippen LogP contribution in [0.3, 0.4) is 0 Å². The lowest BCUT2D eigenvalue weighted by Gasteiger charge is -2.17. The average Bonchev–Trinajstić information content (AvgIpc) is 3.13. The van der Waals surface area contributed by atoms with Crippen molar-refractivity contribution in [2.24, 2.45) is 7.05 Å². The number of benzene rings is 2. The van der Waals surface area contributed by atoms with Gasteiger partial charge in [-0.15, -0.1) is 0 Å². The summed E-state index contributed by atoms with van der Waals surface area (Å²) < 4.78 is 2.02. The van der Waals surface area contributed by atoms with Crippen molar-refractivity contribution >= 4 is 45.8 Å². The Morgan fingerprint density at radius 1 is 1.16 bits per heavy atom. The van der Waals surface area contributed by atoms with Crippen molar-refractivity contribution in [1.82, 2.24) is 9.55 Å². The van der Waals surface area contributed by atoms with Crippen LogP contribution in [-0.4, -0.2) is 22.0 Å². The second-order valence-corrected chi connectivity index (χ2v) is 7.16. The maximum absolute atomic E-state index is 12.7. The Morgan fingerprint density at radius 3 is 2.76 bits per heavy atom. The summed E-state index contributed by atoms with van der Waals surface area (Å²) in [6, 6.07) is 11.4. The summed E-state index contributed by atoms with van der Waals surface area (Å²) in [6.45, 7) is 0.715. The molecule has 0 fully saturated rings. The summed E-state index contributed by atoms with van der Waals surface area (Å²) in [5.41, 5.74) is 4.00. The van der Waals surface area contributed by atoms with Gasteiger partial charge in [0.1, 0.15) is 5.82 Å². The lowest BCUT2D eigenvalue weighted by molar-refractivity contribution is -0.118. The fourth-order valence-electron chi connectivity index (χ4n) is 3.43. The zero-order valence-corrected chi connectivity index (χ0v) is 15.3. The topological polar surface area (TPSA) is 38.1 Å². The molecular formula is C19H17Cl2N3O. The van der Waals surface area contributed by atoms with Crippen molar-refractivity contribution in [1.29, 1.82) is 0 Å². The first-order valence-corrected chi connectivity index (χ1v) is 8.98. The smallest absolute Gasteiger partial charge is 0.227 e. The molecule has 2 aromatic carbocycles. The van der Waals surface area contributed by atoms with Crippen molar-refractivity contribution in [3.63, 3.8) is 0 Å². The van der Waals surface area contributed by atoms with Crippen molar-refractivity contribution in [3.05, 3.63) is 57.8 Å². The summed E-state index contributed by atoms with van der Waals surface area (Å²) >= 11 is 12.1. The Balaban J connectivity index is 1.51. The molecule has 3 aromatic rings. The van der Waals surface area contributed by atoms with E-state index in [0.717, 1.165) is 34.5 Å². The third kappa shape index (κ3) is 3.00. The van der Waals surface area contributed by atoms with Gasteiger partial charge in [-0.05, 0) is 48.4 Å². The van der Waals surface area contributed by atoms with E-state index < -0.39 is 0 Å². The highest BCUT2D eigenvalue weighted by atomic mass is 35.5. The molecule has 1 aliphatic heterocycles. The second kappa shape index (κ2) is 6.36. The number of fused-ring (bicyclic) bond motifs is 2. The van der Waals surface area contributed by atoms with E-state index in [0.29, 0.717) is 29.4 Å². The number of imidazole rings is 1. The van der Waals surface area contributed by atoms with Gasteiger partial charge in [-0.2, -0.15) is 0 Å². The zero-order chi connectivity index (χ0) is 17.6. The van der Waals surface area contributed by atoms with Crippen molar-refractivity contribution in [2.75, 3.05) is 11.4 Å². The monoisotopic (exact) mass is 373 g/mol. The van der Waals surface area contributed by atoms with E-state index in [1.165, 1.54) is 0 Å². The normalized spacial score (nSPS) is 13.5. The Kier molecular flexibility index (Phi) is 4.18. The summed E-state index contributed by atoms with van der Waals surface area (Å²) in [5, 5.41) is 1.38. The van der Waals surface area contributed by atoms with Gasteiger partial charge >= 0.3 is 0 Å². The highest BCUT2D eigenvalue weighted by Crippen LogP contribution is 2.31. The highest BCUT2D eigenvalue weighted by Gasteiger charge is 2.24. The van der Waals surface area contributed by atoms with Crippen molar-refractivity contribution in [3.8, 4) is 0 Å². The van der Waals surface area contributed by atoms with Crippen LogP contribution in [0.25, 0.3) is 11.0 Å². The van der Waals surface area contributed by atoms with Gasteiger partial charge in [-0.1, -0.05) is 23.2 Å². The third-order valence-electron chi connectivity index (χ3n) is 4.74. The molecule has 0 N–H and O–H groups in total. The standard InChI is InChI=1S/C19H17Cl2N3O/c1-23-17-5-3-14(21)11-15(17)22-18(23)6-7-19(25)24-9-8-12-10-13(20)2-4-16(12)24/h2-5,10-11H,6-9H2,1H3. The van der Waals surface area contributed by atoms with Crippen molar-refractivity contribution in [2.45, 2.75) is 19.3 Å². The molecule has 4 rings (SSSR count). The number of aromatic nitrogens is 2. The third-order valence-corrected chi connectivity index (χ3v) is 5.21. The minimum atomic E-state index is 0.117. The van der Waals surface area contributed by atoms with Crippen LogP contribution in [0.1, 0.15) is 17.8 Å². The summed E-state index contributed by atoms with van der Waals surface area (Å²) in [4.78, 5) is 19.2. The lowest BCUT2D eigenvalue weighted by Crippen LogP contribution is -2.29. The van der Waals surface area contributed by atoms with Crippen LogP contribution in [0.15, 0.2) is 36.4 Å². The fourth-order valence-corrected chi connectivity index (χ4v) is 3.79. The molecule has 1 aromatic heterocycles. The van der Waals surface area contributed by atoms with E-state index in [9.17, 15) is 4.79 Å². The van der Waals surface area contributed by atoms with E-state index >= 15 is 0 Å². The van der Waals surface area contributed by atoms with E-state index in [4.69, 9.17) is 23.2 Å². The Hall–Kier alpha value is -2.04. The zero-order valence-electron chi connectivity index (χ0n) is 13.8. The minimum absolute atomic E-state index is 0.117. The molecule has 0 saturated heterocycles. The van der Waals surface area contributed by atoms with Gasteiger partial charge in [-0.25, -0.2) is 4.98 Å². The van der Waals surface area contributed by atoms with Gasteiger partial charge in [-0.3, -0.25) is 4.79 Å². The highest BCUT2D eigenvalue weighted by molar-refractivity contribution is 6.31. The van der Waals surface area contributed by atoms with Gasteiger partial charge in [0.2, 0.25) is 5.91 Å². The molecule has 1 aliphatic rings. The van der Waals surface area contributed by atoms with Crippen LogP contribution in [0.4, 0.5) is 5.69 Å². The molecule has 0 atom stereocenters. The summed E-state index contributed by atoms with van der Waals surface area (Å²) in [5.74, 6) is 1.01. The van der Waals surface area contributed by atoms with Crippen LogP contribution in [0, 0.1) is 0 Å². The molecule has 4 nitrogen and oxygen atoms in total. The predicted octanol–water partition coefficient (Wildman–Crippen LogP) is 4.40. The number of rotatable bonds is 3. The quantitative estimate of drug-likeness (QED) is 0.682. The molecule has 0 spiro atoms.